The van der Waals surface area contributed by atoms with Gasteiger partial charge in [0, 0.05) is 31.2 Å². The van der Waals surface area contributed by atoms with Crippen LogP contribution in [-0.2, 0) is 11.3 Å². The Hall–Kier alpha value is -1.76. The quantitative estimate of drug-likeness (QED) is 0.809. The second kappa shape index (κ2) is 8.95. The lowest BCUT2D eigenvalue weighted by molar-refractivity contribution is -0.183. The summed E-state index contributed by atoms with van der Waals surface area (Å²) in [6.07, 6.45) is -0.357. The number of para-hydroxylation sites is 1. The third-order valence-electron chi connectivity index (χ3n) is 5.50. The highest BCUT2D eigenvalue weighted by molar-refractivity contribution is 5.78. The van der Waals surface area contributed by atoms with Crippen LogP contribution >= 0.6 is 0 Å². The van der Waals surface area contributed by atoms with Gasteiger partial charge in [-0.1, -0.05) is 24.6 Å². The predicted molar refractivity (Wildman–Crippen MR) is 96.4 cm³/mol. The summed E-state index contributed by atoms with van der Waals surface area (Å²) in [6, 6.07) is 7.23. The molecule has 2 aliphatic rings. The van der Waals surface area contributed by atoms with E-state index in [-0.39, 0.29) is 31.4 Å². The molecule has 0 spiro atoms. The fraction of sp³-hybridized carbons (Fsp3) is 0.650. The number of nitrogens with one attached hydrogen (secondary N) is 1. The predicted octanol–water partition coefficient (Wildman–Crippen LogP) is 3.90. The van der Waals surface area contributed by atoms with Gasteiger partial charge in [0.2, 0.25) is 0 Å². The minimum atomic E-state index is -4.11. The fourth-order valence-electron chi connectivity index (χ4n) is 3.91. The summed E-state index contributed by atoms with van der Waals surface area (Å²) in [5.74, 6) is -0.621. The van der Waals surface area contributed by atoms with E-state index in [1.807, 2.05) is 18.2 Å². The number of hydrogen-bond donors (Lipinski definition) is 1. The summed E-state index contributed by atoms with van der Waals surface area (Å²) in [6.45, 7) is 2.00. The maximum atomic E-state index is 13.0. The monoisotopic (exact) mass is 384 g/mol. The third-order valence-corrected chi connectivity index (χ3v) is 5.50. The lowest BCUT2D eigenvalue weighted by Gasteiger charge is -2.31. The average molecular weight is 384 g/mol. The number of alkyl halides is 3. The van der Waals surface area contributed by atoms with E-state index in [2.05, 4.69) is 5.32 Å². The zero-order valence-corrected chi connectivity index (χ0v) is 15.4. The normalized spacial score (nSPS) is 23.4. The Morgan fingerprint density at radius 3 is 2.63 bits per heavy atom. The second-order valence-electron chi connectivity index (χ2n) is 7.47. The highest BCUT2D eigenvalue weighted by atomic mass is 19.4. The summed E-state index contributed by atoms with van der Waals surface area (Å²) in [4.78, 5) is 13.9. The van der Waals surface area contributed by atoms with Crippen LogP contribution in [0, 0.1) is 5.92 Å². The Balaban J connectivity index is 1.52. The number of halogens is 3. The highest BCUT2D eigenvalue weighted by Crippen LogP contribution is 2.37. The van der Waals surface area contributed by atoms with Crippen molar-refractivity contribution in [1.29, 1.82) is 0 Å². The second-order valence-corrected chi connectivity index (χ2v) is 7.47. The minimum absolute atomic E-state index is 0.00338. The first-order chi connectivity index (χ1) is 12.9. The summed E-state index contributed by atoms with van der Waals surface area (Å²) < 4.78 is 44.6. The maximum Gasteiger partial charge on any atom is 0.391 e. The molecule has 1 saturated carbocycles. The van der Waals surface area contributed by atoms with Gasteiger partial charge in [0.15, 0.2) is 6.61 Å². The Morgan fingerprint density at radius 1 is 1.15 bits per heavy atom. The molecular weight excluding hydrogens is 357 g/mol. The molecule has 1 aromatic carbocycles. The van der Waals surface area contributed by atoms with Crippen LogP contribution in [-0.4, -0.2) is 42.7 Å². The van der Waals surface area contributed by atoms with Crippen molar-refractivity contribution in [2.45, 2.75) is 57.3 Å². The topological polar surface area (TPSA) is 41.6 Å². The molecule has 1 saturated heterocycles. The van der Waals surface area contributed by atoms with Crippen LogP contribution in [0.2, 0.25) is 0 Å². The number of carbonyl (C=O) groups is 1. The highest BCUT2D eigenvalue weighted by Gasteiger charge is 2.42. The SMILES string of the molecule is O=C(COc1ccccc1CN[C@@H]1CCC[C@H](C(F)(F)F)C1)N1CCCC1. The van der Waals surface area contributed by atoms with Gasteiger partial charge in [0.25, 0.3) is 5.91 Å². The molecule has 4 nitrogen and oxygen atoms in total. The molecular formula is C20H27F3N2O2. The van der Waals surface area contributed by atoms with Crippen LogP contribution in [0.4, 0.5) is 13.2 Å². The Kier molecular flexibility index (Phi) is 6.63. The van der Waals surface area contributed by atoms with Crippen LogP contribution < -0.4 is 10.1 Å². The minimum Gasteiger partial charge on any atom is -0.483 e. The zero-order valence-electron chi connectivity index (χ0n) is 15.4. The van der Waals surface area contributed by atoms with Crippen LogP contribution in [0.15, 0.2) is 24.3 Å². The lowest BCUT2D eigenvalue weighted by atomic mass is 9.85. The van der Waals surface area contributed by atoms with Crippen LogP contribution in [0.5, 0.6) is 5.75 Å². The number of rotatable bonds is 6. The van der Waals surface area contributed by atoms with Crippen LogP contribution in [0.25, 0.3) is 0 Å². The van der Waals surface area contributed by atoms with E-state index in [1.165, 1.54) is 0 Å². The molecule has 1 aliphatic heterocycles. The molecule has 0 bridgehead atoms. The van der Waals surface area contributed by atoms with E-state index in [9.17, 15) is 18.0 Å². The summed E-state index contributed by atoms with van der Waals surface area (Å²) in [7, 11) is 0. The smallest absolute Gasteiger partial charge is 0.391 e. The lowest BCUT2D eigenvalue weighted by Crippen LogP contribution is -2.38. The molecule has 1 amide bonds. The van der Waals surface area contributed by atoms with Gasteiger partial charge >= 0.3 is 6.18 Å². The van der Waals surface area contributed by atoms with E-state index < -0.39 is 12.1 Å². The number of likely N-dealkylation sites (tertiary alicyclic amines) is 1. The number of amides is 1. The van der Waals surface area contributed by atoms with Gasteiger partial charge < -0.3 is 15.0 Å². The van der Waals surface area contributed by atoms with E-state index >= 15 is 0 Å². The molecule has 1 heterocycles. The molecule has 27 heavy (non-hydrogen) atoms. The van der Waals surface area contributed by atoms with Crippen molar-refractivity contribution in [2.75, 3.05) is 19.7 Å². The molecule has 0 aromatic heterocycles. The van der Waals surface area contributed by atoms with E-state index in [1.54, 1.807) is 11.0 Å². The van der Waals surface area contributed by atoms with Gasteiger partial charge in [-0.2, -0.15) is 13.2 Å². The van der Waals surface area contributed by atoms with E-state index in [0.29, 0.717) is 18.7 Å². The molecule has 1 N–H and O–H groups in total. The number of hydrogen-bond acceptors (Lipinski definition) is 3. The van der Waals surface area contributed by atoms with Crippen molar-refractivity contribution in [1.82, 2.24) is 10.2 Å². The van der Waals surface area contributed by atoms with Gasteiger partial charge in [-0.05, 0) is 38.2 Å². The van der Waals surface area contributed by atoms with Crippen molar-refractivity contribution < 1.29 is 22.7 Å². The van der Waals surface area contributed by atoms with Crippen LogP contribution in [0.3, 0.4) is 0 Å². The third kappa shape index (κ3) is 5.61. The number of ether oxygens (including phenoxy) is 1. The van der Waals surface area contributed by atoms with Gasteiger partial charge in [0.1, 0.15) is 5.75 Å². The largest absolute Gasteiger partial charge is 0.483 e. The molecule has 3 rings (SSSR count). The Bertz CT molecular complexity index is 630. The molecule has 2 fully saturated rings. The first-order valence-electron chi connectivity index (χ1n) is 9.72. The van der Waals surface area contributed by atoms with Crippen molar-refractivity contribution in [2.24, 2.45) is 5.92 Å². The summed E-state index contributed by atoms with van der Waals surface area (Å²) in [5.41, 5.74) is 0.862. The van der Waals surface area contributed by atoms with E-state index in [4.69, 9.17) is 4.74 Å². The molecule has 0 unspecified atom stereocenters. The Morgan fingerprint density at radius 2 is 1.89 bits per heavy atom. The average Bonchev–Trinajstić information content (AvgIpc) is 3.19. The standard InChI is InChI=1S/C20H27F3N2O2/c21-20(22,23)16-7-5-8-17(12-16)24-13-15-6-1-2-9-18(15)27-14-19(26)25-10-3-4-11-25/h1-2,6,9,16-17,24H,3-5,7-8,10-14H2/t16-,17+/m0/s1. The zero-order chi connectivity index (χ0) is 19.3. The van der Waals surface area contributed by atoms with E-state index in [0.717, 1.165) is 37.9 Å². The van der Waals surface area contributed by atoms with Crippen molar-refractivity contribution >= 4 is 5.91 Å². The van der Waals surface area contributed by atoms with Crippen molar-refractivity contribution in [3.8, 4) is 5.75 Å². The van der Waals surface area contributed by atoms with Crippen molar-refractivity contribution in [3.05, 3.63) is 29.8 Å². The fourth-order valence-corrected chi connectivity index (χ4v) is 3.91. The number of nitrogens with zero attached hydrogens (tertiary/aromatic N) is 1. The van der Waals surface area contributed by atoms with Gasteiger partial charge in [0.05, 0.1) is 5.92 Å². The van der Waals surface area contributed by atoms with Gasteiger partial charge in [-0.25, -0.2) is 0 Å². The van der Waals surface area contributed by atoms with Gasteiger partial charge in [-0.3, -0.25) is 4.79 Å². The first-order valence-corrected chi connectivity index (χ1v) is 9.72. The molecule has 150 valence electrons. The molecule has 1 aliphatic carbocycles. The van der Waals surface area contributed by atoms with Crippen molar-refractivity contribution in [3.63, 3.8) is 0 Å². The summed E-state index contributed by atoms with van der Waals surface area (Å²) >= 11 is 0. The molecule has 2 atom stereocenters. The number of benzene rings is 1. The van der Waals surface area contributed by atoms with Gasteiger partial charge in [-0.15, -0.1) is 0 Å². The summed E-state index contributed by atoms with van der Waals surface area (Å²) in [5, 5.41) is 3.25. The number of carbonyl (C=O) groups excluding carboxylic acids is 1. The Labute approximate surface area is 158 Å². The molecule has 0 radical (unpaired) electrons. The molecule has 7 heteroatoms. The maximum absolute atomic E-state index is 13.0. The first kappa shape index (κ1) is 20.0. The van der Waals surface area contributed by atoms with Crippen LogP contribution in [0.1, 0.15) is 44.1 Å². The molecule has 1 aromatic rings.